The molecule has 3 aromatic rings. The van der Waals surface area contributed by atoms with Crippen LogP contribution in [0.25, 0.3) is 0 Å². The maximum atomic E-state index is 12.9. The van der Waals surface area contributed by atoms with Crippen molar-refractivity contribution in [1.29, 1.82) is 0 Å². The summed E-state index contributed by atoms with van der Waals surface area (Å²) in [5.74, 6) is -0.362. The number of nitrogens with one attached hydrogen (secondary N) is 1. The van der Waals surface area contributed by atoms with Crippen LogP contribution in [0.2, 0.25) is 0 Å². The molecule has 3 rings (SSSR count). The summed E-state index contributed by atoms with van der Waals surface area (Å²) in [6, 6.07) is 21.7. The van der Waals surface area contributed by atoms with Gasteiger partial charge in [-0.15, -0.1) is 0 Å². The van der Waals surface area contributed by atoms with Crippen LogP contribution in [0, 0.1) is 0 Å². The molecule has 0 saturated carbocycles. The maximum Gasteiger partial charge on any atom is 0.268 e. The zero-order chi connectivity index (χ0) is 15.4. The van der Waals surface area contributed by atoms with Gasteiger partial charge < -0.3 is 4.98 Å². The van der Waals surface area contributed by atoms with Gasteiger partial charge in [-0.1, -0.05) is 36.4 Å². The molecule has 4 nitrogen and oxygen atoms in total. The average Bonchev–Trinajstić information content (AvgIpc) is 2.57. The van der Waals surface area contributed by atoms with Crippen LogP contribution in [-0.4, -0.2) is 10.9 Å². The van der Waals surface area contributed by atoms with Crippen LogP contribution in [0.1, 0.15) is 10.4 Å². The van der Waals surface area contributed by atoms with Crippen molar-refractivity contribution in [2.75, 3.05) is 4.90 Å². The number of carbonyl (C=O) groups is 1. The van der Waals surface area contributed by atoms with Crippen molar-refractivity contribution in [3.05, 3.63) is 94.9 Å². The summed E-state index contributed by atoms with van der Waals surface area (Å²) in [5, 5.41) is 0. The van der Waals surface area contributed by atoms with Gasteiger partial charge in [0.05, 0.1) is 0 Å². The number of anilines is 2. The van der Waals surface area contributed by atoms with Gasteiger partial charge >= 0.3 is 0 Å². The van der Waals surface area contributed by atoms with E-state index in [2.05, 4.69) is 4.98 Å². The SMILES string of the molecule is O=C(c1ccc[nH]c1=O)N(c1ccccc1)c1ccccc1. The van der Waals surface area contributed by atoms with Crippen molar-refractivity contribution in [2.45, 2.75) is 0 Å². The number of H-pyrrole nitrogens is 1. The number of aromatic nitrogens is 1. The molecule has 0 aliphatic heterocycles. The van der Waals surface area contributed by atoms with Crippen molar-refractivity contribution >= 4 is 17.3 Å². The van der Waals surface area contributed by atoms with E-state index in [-0.39, 0.29) is 11.5 Å². The van der Waals surface area contributed by atoms with E-state index in [1.165, 1.54) is 17.2 Å². The third-order valence-corrected chi connectivity index (χ3v) is 3.28. The number of para-hydroxylation sites is 2. The second kappa shape index (κ2) is 6.10. The lowest BCUT2D eigenvalue weighted by molar-refractivity contribution is 0.0998. The first-order valence-corrected chi connectivity index (χ1v) is 6.89. The summed E-state index contributed by atoms with van der Waals surface area (Å²) in [6.07, 6.45) is 1.51. The Morgan fingerprint density at radius 1 is 0.773 bits per heavy atom. The number of hydrogen-bond donors (Lipinski definition) is 1. The van der Waals surface area contributed by atoms with E-state index in [1.54, 1.807) is 6.07 Å². The number of nitrogens with zero attached hydrogens (tertiary/aromatic N) is 1. The van der Waals surface area contributed by atoms with E-state index in [1.807, 2.05) is 60.7 Å². The molecule has 0 unspecified atom stereocenters. The predicted molar refractivity (Wildman–Crippen MR) is 86.4 cm³/mol. The molecule has 0 atom stereocenters. The van der Waals surface area contributed by atoms with Crippen LogP contribution in [0.15, 0.2) is 83.8 Å². The van der Waals surface area contributed by atoms with Crippen LogP contribution in [-0.2, 0) is 0 Å². The van der Waals surface area contributed by atoms with Gasteiger partial charge in [-0.3, -0.25) is 14.5 Å². The molecule has 0 aliphatic carbocycles. The second-order valence-electron chi connectivity index (χ2n) is 4.72. The minimum atomic E-state index is -0.399. The van der Waals surface area contributed by atoms with Crippen molar-refractivity contribution in [1.82, 2.24) is 4.98 Å². The topological polar surface area (TPSA) is 53.2 Å². The zero-order valence-electron chi connectivity index (χ0n) is 11.8. The quantitative estimate of drug-likeness (QED) is 0.804. The van der Waals surface area contributed by atoms with E-state index in [0.717, 1.165) is 0 Å². The van der Waals surface area contributed by atoms with Gasteiger partial charge in [0.25, 0.3) is 11.5 Å². The molecule has 1 aromatic heterocycles. The van der Waals surface area contributed by atoms with E-state index >= 15 is 0 Å². The van der Waals surface area contributed by atoms with Gasteiger partial charge in [0.15, 0.2) is 0 Å². The molecule has 0 aliphatic rings. The number of benzene rings is 2. The molecule has 0 fully saturated rings. The Labute approximate surface area is 127 Å². The van der Waals surface area contributed by atoms with E-state index in [0.29, 0.717) is 11.4 Å². The first-order valence-electron chi connectivity index (χ1n) is 6.89. The van der Waals surface area contributed by atoms with Crippen molar-refractivity contribution in [3.8, 4) is 0 Å². The molecule has 1 heterocycles. The highest BCUT2D eigenvalue weighted by Gasteiger charge is 2.21. The molecule has 108 valence electrons. The highest BCUT2D eigenvalue weighted by atomic mass is 16.2. The lowest BCUT2D eigenvalue weighted by atomic mass is 10.2. The molecular formula is C18H14N2O2. The molecule has 22 heavy (non-hydrogen) atoms. The number of pyridine rings is 1. The molecule has 4 heteroatoms. The Morgan fingerprint density at radius 2 is 1.32 bits per heavy atom. The van der Waals surface area contributed by atoms with Crippen LogP contribution >= 0.6 is 0 Å². The Kier molecular flexibility index (Phi) is 3.83. The maximum absolute atomic E-state index is 12.9. The Balaban J connectivity index is 2.13. The highest BCUT2D eigenvalue weighted by Crippen LogP contribution is 2.26. The van der Waals surface area contributed by atoms with E-state index in [9.17, 15) is 9.59 Å². The smallest absolute Gasteiger partial charge is 0.268 e. The Morgan fingerprint density at radius 3 is 1.82 bits per heavy atom. The molecule has 0 bridgehead atoms. The molecule has 0 saturated heterocycles. The summed E-state index contributed by atoms with van der Waals surface area (Å²) in [4.78, 5) is 28.9. The van der Waals surface area contributed by atoms with Gasteiger partial charge in [-0.05, 0) is 36.4 Å². The molecule has 0 spiro atoms. The summed E-state index contributed by atoms with van der Waals surface area (Å²) < 4.78 is 0. The van der Waals surface area contributed by atoms with Crippen LogP contribution < -0.4 is 10.5 Å². The van der Waals surface area contributed by atoms with Crippen molar-refractivity contribution < 1.29 is 4.79 Å². The molecule has 0 radical (unpaired) electrons. The molecule has 2 aromatic carbocycles. The lowest BCUT2D eigenvalue weighted by Gasteiger charge is -2.22. The predicted octanol–water partition coefficient (Wildman–Crippen LogP) is 3.35. The normalized spacial score (nSPS) is 10.2. The summed E-state index contributed by atoms with van der Waals surface area (Å²) >= 11 is 0. The standard InChI is InChI=1S/C18H14N2O2/c21-17-16(12-7-13-19-17)18(22)20(14-8-3-1-4-9-14)15-10-5-2-6-11-15/h1-13H,(H,19,21). The van der Waals surface area contributed by atoms with Gasteiger partial charge in [-0.25, -0.2) is 0 Å². The van der Waals surface area contributed by atoms with E-state index in [4.69, 9.17) is 0 Å². The highest BCUT2D eigenvalue weighted by molar-refractivity contribution is 6.10. The minimum Gasteiger partial charge on any atom is -0.328 e. The van der Waals surface area contributed by atoms with Gasteiger partial charge in [0.1, 0.15) is 5.56 Å². The number of carbonyl (C=O) groups excluding carboxylic acids is 1. The number of aromatic amines is 1. The van der Waals surface area contributed by atoms with Crippen molar-refractivity contribution in [3.63, 3.8) is 0 Å². The number of amides is 1. The third-order valence-electron chi connectivity index (χ3n) is 3.28. The number of rotatable bonds is 3. The van der Waals surface area contributed by atoms with Gasteiger partial charge in [0.2, 0.25) is 0 Å². The fourth-order valence-corrected chi connectivity index (χ4v) is 2.25. The van der Waals surface area contributed by atoms with Crippen LogP contribution in [0.4, 0.5) is 11.4 Å². The molecular weight excluding hydrogens is 276 g/mol. The fraction of sp³-hybridized carbons (Fsp3) is 0. The molecule has 1 N–H and O–H groups in total. The third kappa shape index (κ3) is 2.67. The van der Waals surface area contributed by atoms with Crippen LogP contribution in [0.5, 0.6) is 0 Å². The lowest BCUT2D eigenvalue weighted by Crippen LogP contribution is -2.31. The van der Waals surface area contributed by atoms with E-state index < -0.39 is 5.56 Å². The Hall–Kier alpha value is -3.14. The number of hydrogen-bond acceptors (Lipinski definition) is 2. The summed E-state index contributed by atoms with van der Waals surface area (Å²) in [7, 11) is 0. The molecule has 1 amide bonds. The first-order chi connectivity index (χ1) is 10.8. The van der Waals surface area contributed by atoms with Gasteiger partial charge in [0, 0.05) is 17.6 Å². The minimum absolute atomic E-state index is 0.107. The summed E-state index contributed by atoms with van der Waals surface area (Å²) in [6.45, 7) is 0. The van der Waals surface area contributed by atoms with Crippen LogP contribution in [0.3, 0.4) is 0 Å². The summed E-state index contributed by atoms with van der Waals surface area (Å²) in [5.41, 5.74) is 1.13. The zero-order valence-corrected chi connectivity index (χ0v) is 11.8. The fourth-order valence-electron chi connectivity index (χ4n) is 2.25. The monoisotopic (exact) mass is 290 g/mol. The first kappa shape index (κ1) is 13.8. The van der Waals surface area contributed by atoms with Crippen molar-refractivity contribution in [2.24, 2.45) is 0 Å². The average molecular weight is 290 g/mol. The largest absolute Gasteiger partial charge is 0.328 e. The van der Waals surface area contributed by atoms with Gasteiger partial charge in [-0.2, -0.15) is 0 Å². The second-order valence-corrected chi connectivity index (χ2v) is 4.72. The Bertz CT molecular complexity index is 787.